The largest absolute Gasteiger partial charge is 0.454 e. The Labute approximate surface area is 128 Å². The van der Waals surface area contributed by atoms with E-state index in [0.29, 0.717) is 17.9 Å². The van der Waals surface area contributed by atoms with Crippen LogP contribution in [0.2, 0.25) is 0 Å². The van der Waals surface area contributed by atoms with Gasteiger partial charge < -0.3 is 9.47 Å². The molecular weight excluding hydrogens is 284 g/mol. The van der Waals surface area contributed by atoms with Gasteiger partial charge in [-0.1, -0.05) is 19.1 Å². The predicted molar refractivity (Wildman–Crippen MR) is 78.0 cm³/mol. The molecule has 5 heteroatoms. The smallest absolute Gasteiger partial charge is 0.231 e. The van der Waals surface area contributed by atoms with Gasteiger partial charge in [0.25, 0.3) is 0 Å². The lowest BCUT2D eigenvalue weighted by molar-refractivity contribution is -0.142. The van der Waals surface area contributed by atoms with Crippen LogP contribution in [0.3, 0.4) is 0 Å². The fourth-order valence-electron chi connectivity index (χ4n) is 3.22. The Hall–Kier alpha value is -2.17. The van der Waals surface area contributed by atoms with E-state index in [1.165, 1.54) is 0 Å². The van der Waals surface area contributed by atoms with E-state index in [0.717, 1.165) is 5.56 Å². The van der Waals surface area contributed by atoms with E-state index >= 15 is 0 Å². The predicted octanol–water partition coefficient (Wildman–Crippen LogP) is 2.42. The topological polar surface area (TPSA) is 69.7 Å². The second kappa shape index (κ2) is 5.91. The highest BCUT2D eigenvalue weighted by molar-refractivity contribution is 6.21. The lowest BCUT2D eigenvalue weighted by Gasteiger charge is -2.26. The van der Waals surface area contributed by atoms with Gasteiger partial charge in [0.1, 0.15) is 5.92 Å². The van der Waals surface area contributed by atoms with Crippen LogP contribution in [0.4, 0.5) is 0 Å². The van der Waals surface area contributed by atoms with E-state index in [1.807, 2.05) is 19.1 Å². The van der Waals surface area contributed by atoms with Crippen LogP contribution in [-0.2, 0) is 14.4 Å². The summed E-state index contributed by atoms with van der Waals surface area (Å²) in [6, 6.07) is 5.48. The Morgan fingerprint density at radius 2 is 1.91 bits per heavy atom. The summed E-state index contributed by atoms with van der Waals surface area (Å²) < 4.78 is 10.8. The van der Waals surface area contributed by atoms with Crippen molar-refractivity contribution >= 4 is 17.3 Å². The van der Waals surface area contributed by atoms with Crippen molar-refractivity contribution in [2.45, 2.75) is 38.5 Å². The van der Waals surface area contributed by atoms with Gasteiger partial charge in [0.2, 0.25) is 6.79 Å². The quantitative estimate of drug-likeness (QED) is 0.799. The first-order valence-electron chi connectivity index (χ1n) is 7.58. The third kappa shape index (κ3) is 2.51. The zero-order valence-electron chi connectivity index (χ0n) is 12.5. The summed E-state index contributed by atoms with van der Waals surface area (Å²) in [6.07, 6.45) is 1.33. The molecule has 1 aliphatic heterocycles. The molecule has 0 aromatic heterocycles. The zero-order valence-corrected chi connectivity index (χ0v) is 12.5. The molecule has 1 heterocycles. The number of para-hydroxylation sites is 1. The standard InChI is InChI=1S/C17H18O5/c1-2-4-12(18)16-13(19)7-10(8-14(16)20)11-5-3-6-15-17(11)22-9-21-15/h3,5-6,10,16H,2,4,7-9H2,1H3. The second-order valence-electron chi connectivity index (χ2n) is 5.77. The summed E-state index contributed by atoms with van der Waals surface area (Å²) >= 11 is 0. The van der Waals surface area contributed by atoms with E-state index < -0.39 is 5.92 Å². The number of hydrogen-bond donors (Lipinski definition) is 0. The number of hydrogen-bond acceptors (Lipinski definition) is 5. The highest BCUT2D eigenvalue weighted by Gasteiger charge is 2.41. The SMILES string of the molecule is CCCC(=O)C1C(=O)CC(c2cccc3c2OCO3)CC1=O. The normalized spacial score (nSPS) is 23.7. The zero-order chi connectivity index (χ0) is 15.7. The van der Waals surface area contributed by atoms with Crippen molar-refractivity contribution in [3.63, 3.8) is 0 Å². The number of fused-ring (bicyclic) bond motifs is 1. The van der Waals surface area contributed by atoms with Gasteiger partial charge in [-0.2, -0.15) is 0 Å². The van der Waals surface area contributed by atoms with Crippen LogP contribution in [-0.4, -0.2) is 24.1 Å². The summed E-state index contributed by atoms with van der Waals surface area (Å²) in [5.74, 6) is -0.804. The molecule has 0 saturated heterocycles. The number of rotatable bonds is 4. The van der Waals surface area contributed by atoms with Crippen molar-refractivity contribution in [2.75, 3.05) is 6.79 Å². The molecule has 0 unspecified atom stereocenters. The van der Waals surface area contributed by atoms with Gasteiger partial charge in [-0.15, -0.1) is 0 Å². The molecule has 0 radical (unpaired) electrons. The van der Waals surface area contributed by atoms with E-state index in [-0.39, 0.29) is 49.3 Å². The number of ketones is 3. The molecule has 1 aliphatic carbocycles. The maximum atomic E-state index is 12.3. The minimum atomic E-state index is -1.05. The van der Waals surface area contributed by atoms with E-state index in [2.05, 4.69) is 0 Å². The minimum absolute atomic E-state index is 0.151. The van der Waals surface area contributed by atoms with Gasteiger partial charge in [0.15, 0.2) is 28.8 Å². The van der Waals surface area contributed by atoms with Crippen LogP contribution in [0.1, 0.15) is 44.1 Å². The van der Waals surface area contributed by atoms with Crippen LogP contribution in [0, 0.1) is 5.92 Å². The van der Waals surface area contributed by atoms with Crippen LogP contribution in [0.25, 0.3) is 0 Å². The lowest BCUT2D eigenvalue weighted by atomic mass is 9.74. The molecule has 0 spiro atoms. The van der Waals surface area contributed by atoms with Crippen LogP contribution in [0.15, 0.2) is 18.2 Å². The summed E-state index contributed by atoms with van der Waals surface area (Å²) in [4.78, 5) is 36.5. The molecule has 22 heavy (non-hydrogen) atoms. The Bertz CT molecular complexity index is 616. The van der Waals surface area contributed by atoms with Gasteiger partial charge >= 0.3 is 0 Å². The molecule has 0 atom stereocenters. The summed E-state index contributed by atoms with van der Waals surface area (Å²) in [6.45, 7) is 2.02. The summed E-state index contributed by atoms with van der Waals surface area (Å²) in [7, 11) is 0. The second-order valence-corrected chi connectivity index (χ2v) is 5.77. The first-order valence-corrected chi connectivity index (χ1v) is 7.58. The van der Waals surface area contributed by atoms with Crippen molar-refractivity contribution < 1.29 is 23.9 Å². The first kappa shape index (κ1) is 14.8. The monoisotopic (exact) mass is 302 g/mol. The van der Waals surface area contributed by atoms with Crippen molar-refractivity contribution in [1.82, 2.24) is 0 Å². The van der Waals surface area contributed by atoms with Crippen molar-refractivity contribution in [2.24, 2.45) is 5.92 Å². The number of ether oxygens (including phenoxy) is 2. The van der Waals surface area contributed by atoms with Gasteiger partial charge in [-0.3, -0.25) is 14.4 Å². The average Bonchev–Trinajstić information content (AvgIpc) is 2.95. The molecule has 1 saturated carbocycles. The third-order valence-corrected chi connectivity index (χ3v) is 4.22. The molecule has 5 nitrogen and oxygen atoms in total. The van der Waals surface area contributed by atoms with E-state index in [1.54, 1.807) is 6.07 Å². The van der Waals surface area contributed by atoms with Crippen LogP contribution < -0.4 is 9.47 Å². The van der Waals surface area contributed by atoms with E-state index in [9.17, 15) is 14.4 Å². The van der Waals surface area contributed by atoms with E-state index in [4.69, 9.17) is 9.47 Å². The molecule has 1 fully saturated rings. The van der Waals surface area contributed by atoms with Crippen molar-refractivity contribution in [3.05, 3.63) is 23.8 Å². The van der Waals surface area contributed by atoms with Gasteiger partial charge in [0, 0.05) is 30.7 Å². The Balaban J connectivity index is 1.83. The third-order valence-electron chi connectivity index (χ3n) is 4.22. The molecule has 0 bridgehead atoms. The molecule has 116 valence electrons. The summed E-state index contributed by atoms with van der Waals surface area (Å²) in [5.41, 5.74) is 0.818. The Kier molecular flexibility index (Phi) is 3.96. The molecule has 2 aliphatic rings. The van der Waals surface area contributed by atoms with Crippen LogP contribution >= 0.6 is 0 Å². The maximum Gasteiger partial charge on any atom is 0.231 e. The number of benzene rings is 1. The van der Waals surface area contributed by atoms with Crippen molar-refractivity contribution in [3.8, 4) is 11.5 Å². The molecule has 0 amide bonds. The van der Waals surface area contributed by atoms with Gasteiger partial charge in [-0.25, -0.2) is 0 Å². The van der Waals surface area contributed by atoms with Gasteiger partial charge in [-0.05, 0) is 12.5 Å². The highest BCUT2D eigenvalue weighted by Crippen LogP contribution is 2.43. The number of carbonyl (C=O) groups excluding carboxylic acids is 3. The molecule has 3 rings (SSSR count). The fraction of sp³-hybridized carbons (Fsp3) is 0.471. The highest BCUT2D eigenvalue weighted by atomic mass is 16.7. The lowest BCUT2D eigenvalue weighted by Crippen LogP contribution is -2.38. The Morgan fingerprint density at radius 1 is 1.18 bits per heavy atom. The maximum absolute atomic E-state index is 12.3. The average molecular weight is 302 g/mol. The first-order chi connectivity index (χ1) is 10.6. The molecule has 1 aromatic rings. The number of carbonyl (C=O) groups is 3. The Morgan fingerprint density at radius 3 is 2.59 bits per heavy atom. The number of Topliss-reactive ketones (excluding diaryl/α,β-unsaturated/α-hetero) is 3. The summed E-state index contributed by atoms with van der Waals surface area (Å²) in [5, 5.41) is 0. The molecular formula is C17H18O5. The van der Waals surface area contributed by atoms with Crippen LogP contribution in [0.5, 0.6) is 11.5 Å². The van der Waals surface area contributed by atoms with Gasteiger partial charge in [0.05, 0.1) is 0 Å². The molecule has 1 aromatic carbocycles. The minimum Gasteiger partial charge on any atom is -0.454 e. The molecule has 0 N–H and O–H groups in total. The van der Waals surface area contributed by atoms with Crippen molar-refractivity contribution in [1.29, 1.82) is 0 Å². The fourth-order valence-corrected chi connectivity index (χ4v) is 3.22.